The van der Waals surface area contributed by atoms with Crippen molar-refractivity contribution in [3.63, 3.8) is 0 Å². The Labute approximate surface area is 94.3 Å². The molecule has 0 aliphatic rings. The Morgan fingerprint density at radius 3 is 2.62 bits per heavy atom. The molecule has 0 atom stereocenters. The van der Waals surface area contributed by atoms with Gasteiger partial charge in [0.25, 0.3) is 5.89 Å². The summed E-state index contributed by atoms with van der Waals surface area (Å²) >= 11 is 0. The van der Waals surface area contributed by atoms with Crippen molar-refractivity contribution in [1.29, 1.82) is 0 Å². The minimum Gasteiger partial charge on any atom is -0.484 e. The molecule has 1 aromatic carbocycles. The number of hydrogen-bond donors (Lipinski definition) is 0. The van der Waals surface area contributed by atoms with Gasteiger partial charge in [0.15, 0.2) is 6.61 Å². The summed E-state index contributed by atoms with van der Waals surface area (Å²) < 4.78 is 10.9. The van der Waals surface area contributed by atoms with Crippen molar-refractivity contribution in [3.8, 4) is 5.75 Å². The molecule has 1 aromatic heterocycles. The molecule has 1 heterocycles. The average Bonchev–Trinajstić information content (AvgIpc) is 2.76. The van der Waals surface area contributed by atoms with Gasteiger partial charge in [-0.05, 0) is 18.6 Å². The molecule has 2 rings (SSSR count). The summed E-state index contributed by atoms with van der Waals surface area (Å²) in [4.78, 5) is 0. The third-order valence-electron chi connectivity index (χ3n) is 2.26. The lowest BCUT2D eigenvalue weighted by Crippen LogP contribution is -1.97. The van der Waals surface area contributed by atoms with E-state index in [0.717, 1.165) is 17.7 Å². The van der Waals surface area contributed by atoms with Crippen LogP contribution in [0.5, 0.6) is 5.75 Å². The molecule has 0 N–H and O–H groups in total. The van der Waals surface area contributed by atoms with Crippen molar-refractivity contribution < 1.29 is 9.15 Å². The smallest absolute Gasteiger partial charge is 0.253 e. The van der Waals surface area contributed by atoms with E-state index in [0.29, 0.717) is 18.4 Å². The molecule has 0 spiro atoms. The summed E-state index contributed by atoms with van der Waals surface area (Å²) in [6, 6.07) is 7.84. The quantitative estimate of drug-likeness (QED) is 0.791. The van der Waals surface area contributed by atoms with Gasteiger partial charge in [-0.15, -0.1) is 10.2 Å². The summed E-state index contributed by atoms with van der Waals surface area (Å²) in [5.41, 5.74) is 1.10. The van der Waals surface area contributed by atoms with E-state index in [9.17, 15) is 0 Å². The predicted octanol–water partition coefficient (Wildman–Crippen LogP) is 2.52. The second-order valence-electron chi connectivity index (χ2n) is 3.50. The van der Waals surface area contributed by atoms with Crippen LogP contribution in [0.25, 0.3) is 0 Å². The van der Waals surface area contributed by atoms with Crippen molar-refractivity contribution >= 4 is 0 Å². The molecule has 84 valence electrons. The Kier molecular flexibility index (Phi) is 3.19. The molecule has 0 amide bonds. The molecule has 16 heavy (non-hydrogen) atoms. The van der Waals surface area contributed by atoms with Crippen molar-refractivity contribution in [3.05, 3.63) is 41.6 Å². The van der Waals surface area contributed by atoms with Crippen LogP contribution in [0, 0.1) is 6.92 Å². The molecule has 0 fully saturated rings. The van der Waals surface area contributed by atoms with Crippen LogP contribution >= 0.6 is 0 Å². The maximum atomic E-state index is 5.58. The zero-order chi connectivity index (χ0) is 11.4. The highest BCUT2D eigenvalue weighted by Gasteiger charge is 2.05. The van der Waals surface area contributed by atoms with Crippen LogP contribution in [0.2, 0.25) is 0 Å². The molecule has 0 bridgehead atoms. The molecule has 4 nitrogen and oxygen atoms in total. The molecule has 0 aliphatic carbocycles. The highest BCUT2D eigenvalue weighted by atomic mass is 16.5. The van der Waals surface area contributed by atoms with E-state index in [1.165, 1.54) is 0 Å². The summed E-state index contributed by atoms with van der Waals surface area (Å²) in [5.74, 6) is 2.00. The van der Waals surface area contributed by atoms with Crippen molar-refractivity contribution in [2.75, 3.05) is 0 Å². The lowest BCUT2D eigenvalue weighted by Gasteiger charge is -2.05. The number of nitrogens with zero attached hydrogens (tertiary/aromatic N) is 2. The van der Waals surface area contributed by atoms with Crippen molar-refractivity contribution in [2.45, 2.75) is 26.9 Å². The molecule has 0 saturated heterocycles. The molecule has 0 aliphatic heterocycles. The molecule has 0 unspecified atom stereocenters. The van der Waals surface area contributed by atoms with E-state index in [1.807, 2.05) is 38.1 Å². The first kappa shape index (κ1) is 10.7. The number of benzene rings is 1. The molecule has 0 saturated carbocycles. The number of aryl methyl sites for hydroxylation is 2. The number of ether oxygens (including phenoxy) is 1. The Hall–Kier alpha value is -1.84. The predicted molar refractivity (Wildman–Crippen MR) is 59.2 cm³/mol. The monoisotopic (exact) mass is 218 g/mol. The number of aromatic nitrogens is 2. The first-order valence-corrected chi connectivity index (χ1v) is 5.29. The molecule has 2 aromatic rings. The summed E-state index contributed by atoms with van der Waals surface area (Å²) in [6.45, 7) is 4.29. The fourth-order valence-electron chi connectivity index (χ4n) is 1.35. The van der Waals surface area contributed by atoms with Crippen molar-refractivity contribution in [1.82, 2.24) is 10.2 Å². The fraction of sp³-hybridized carbons (Fsp3) is 0.333. The van der Waals surface area contributed by atoms with Gasteiger partial charge in [0, 0.05) is 6.42 Å². The van der Waals surface area contributed by atoms with Gasteiger partial charge in [-0.2, -0.15) is 0 Å². The minimum absolute atomic E-state index is 0.317. The van der Waals surface area contributed by atoms with E-state index in [2.05, 4.69) is 10.2 Å². The topological polar surface area (TPSA) is 48.2 Å². The maximum Gasteiger partial charge on any atom is 0.253 e. The molecule has 4 heteroatoms. The van der Waals surface area contributed by atoms with Crippen LogP contribution in [-0.4, -0.2) is 10.2 Å². The molecular weight excluding hydrogens is 204 g/mol. The first-order valence-electron chi connectivity index (χ1n) is 5.29. The largest absolute Gasteiger partial charge is 0.484 e. The van der Waals surface area contributed by atoms with E-state index in [1.54, 1.807) is 0 Å². The molecular formula is C12H14N2O2. The highest BCUT2D eigenvalue weighted by Crippen LogP contribution is 2.17. The highest BCUT2D eigenvalue weighted by molar-refractivity contribution is 5.31. The Bertz CT molecular complexity index is 466. The van der Waals surface area contributed by atoms with Gasteiger partial charge >= 0.3 is 0 Å². The lowest BCUT2D eigenvalue weighted by molar-refractivity contribution is 0.258. The average molecular weight is 218 g/mol. The second kappa shape index (κ2) is 4.79. The van der Waals surface area contributed by atoms with Gasteiger partial charge in [0.2, 0.25) is 5.89 Å². The van der Waals surface area contributed by atoms with Crippen LogP contribution in [0.1, 0.15) is 24.3 Å². The standard InChI is InChI=1S/C12H14N2O2/c1-3-11-13-14-12(16-11)8-15-10-7-5-4-6-9(10)2/h4-7H,3,8H2,1-2H3. The fourth-order valence-corrected chi connectivity index (χ4v) is 1.35. The van der Waals surface area contributed by atoms with Crippen LogP contribution in [0.3, 0.4) is 0 Å². The first-order chi connectivity index (χ1) is 7.79. The van der Waals surface area contributed by atoms with Gasteiger partial charge in [0.05, 0.1) is 0 Å². The second-order valence-corrected chi connectivity index (χ2v) is 3.50. The maximum absolute atomic E-state index is 5.58. The third kappa shape index (κ3) is 2.39. The van der Waals surface area contributed by atoms with Crippen molar-refractivity contribution in [2.24, 2.45) is 0 Å². The molecule has 0 radical (unpaired) electrons. The van der Waals surface area contributed by atoms with Gasteiger partial charge in [-0.25, -0.2) is 0 Å². The van der Waals surface area contributed by atoms with Crippen LogP contribution < -0.4 is 4.74 Å². The van der Waals surface area contributed by atoms with Gasteiger partial charge in [-0.3, -0.25) is 0 Å². The summed E-state index contributed by atoms with van der Waals surface area (Å²) in [6.07, 6.45) is 0.747. The van der Waals surface area contributed by atoms with E-state index in [-0.39, 0.29) is 0 Å². The van der Waals surface area contributed by atoms with Gasteiger partial charge in [0.1, 0.15) is 5.75 Å². The Balaban J connectivity index is 1.99. The van der Waals surface area contributed by atoms with E-state index in [4.69, 9.17) is 9.15 Å². The van der Waals surface area contributed by atoms with E-state index >= 15 is 0 Å². The Morgan fingerprint density at radius 1 is 1.19 bits per heavy atom. The van der Waals surface area contributed by atoms with Crippen LogP contribution in [0.4, 0.5) is 0 Å². The van der Waals surface area contributed by atoms with E-state index < -0.39 is 0 Å². The summed E-state index contributed by atoms with van der Waals surface area (Å²) in [7, 11) is 0. The lowest BCUT2D eigenvalue weighted by atomic mass is 10.2. The third-order valence-corrected chi connectivity index (χ3v) is 2.26. The zero-order valence-corrected chi connectivity index (χ0v) is 9.43. The number of para-hydroxylation sites is 1. The van der Waals surface area contributed by atoms with Crippen LogP contribution in [-0.2, 0) is 13.0 Å². The number of rotatable bonds is 4. The normalized spacial score (nSPS) is 10.4. The van der Waals surface area contributed by atoms with Crippen LogP contribution in [0.15, 0.2) is 28.7 Å². The van der Waals surface area contributed by atoms with Gasteiger partial charge in [-0.1, -0.05) is 25.1 Å². The summed E-state index contributed by atoms with van der Waals surface area (Å²) in [5, 5.41) is 7.76. The SMILES string of the molecule is CCc1nnc(COc2ccccc2C)o1. The Morgan fingerprint density at radius 2 is 1.94 bits per heavy atom. The number of hydrogen-bond acceptors (Lipinski definition) is 4. The minimum atomic E-state index is 0.317. The zero-order valence-electron chi connectivity index (χ0n) is 9.43. The van der Waals surface area contributed by atoms with Gasteiger partial charge < -0.3 is 9.15 Å².